The maximum Gasteiger partial charge on any atom is 0.265 e. The van der Waals surface area contributed by atoms with E-state index < -0.39 is 0 Å². The van der Waals surface area contributed by atoms with Gasteiger partial charge in [-0.1, -0.05) is 36.9 Å². The fourth-order valence-electron chi connectivity index (χ4n) is 2.86. The summed E-state index contributed by atoms with van der Waals surface area (Å²) in [5.74, 6) is 0.200. The summed E-state index contributed by atoms with van der Waals surface area (Å²) in [6, 6.07) is 16.1. The van der Waals surface area contributed by atoms with Gasteiger partial charge in [0.05, 0.1) is 23.6 Å². The van der Waals surface area contributed by atoms with Crippen LogP contribution >= 0.6 is 11.8 Å². The number of ether oxygens (including phenoxy) is 1. The molecule has 30 heavy (non-hydrogen) atoms. The van der Waals surface area contributed by atoms with Crippen LogP contribution in [0.5, 0.6) is 11.6 Å². The molecule has 0 saturated carbocycles. The maximum atomic E-state index is 12.9. The van der Waals surface area contributed by atoms with Crippen LogP contribution in [-0.2, 0) is 11.2 Å². The van der Waals surface area contributed by atoms with E-state index in [1.807, 2.05) is 25.1 Å². The number of aromatic nitrogens is 2. The van der Waals surface area contributed by atoms with Gasteiger partial charge in [0, 0.05) is 5.69 Å². The zero-order valence-corrected chi connectivity index (χ0v) is 17.6. The van der Waals surface area contributed by atoms with E-state index in [2.05, 4.69) is 10.3 Å². The second-order valence-electron chi connectivity index (χ2n) is 6.32. The number of amides is 1. The summed E-state index contributed by atoms with van der Waals surface area (Å²) < 4.78 is 6.81. The molecule has 2 N–H and O–H groups in total. The Morgan fingerprint density at radius 3 is 2.47 bits per heavy atom. The van der Waals surface area contributed by atoms with Crippen molar-refractivity contribution in [3.8, 4) is 17.3 Å². The number of aromatic hydroxyl groups is 1. The fraction of sp³-hybridized carbons (Fsp3) is 0.227. The van der Waals surface area contributed by atoms with Crippen molar-refractivity contribution in [3.05, 3.63) is 70.5 Å². The van der Waals surface area contributed by atoms with Crippen molar-refractivity contribution in [1.29, 1.82) is 0 Å². The lowest BCUT2D eigenvalue weighted by atomic mass is 10.2. The summed E-state index contributed by atoms with van der Waals surface area (Å²) in [4.78, 5) is 29.5. The predicted octanol–water partition coefficient (Wildman–Crippen LogP) is 3.63. The number of hydrogen-bond acceptors (Lipinski definition) is 6. The Morgan fingerprint density at radius 1 is 1.13 bits per heavy atom. The lowest BCUT2D eigenvalue weighted by molar-refractivity contribution is -0.113. The van der Waals surface area contributed by atoms with Crippen molar-refractivity contribution in [2.24, 2.45) is 0 Å². The summed E-state index contributed by atoms with van der Waals surface area (Å²) in [6.07, 6.45) is 0.355. The van der Waals surface area contributed by atoms with Gasteiger partial charge in [0.25, 0.3) is 5.56 Å². The number of thioether (sulfide) groups is 1. The molecule has 7 nitrogen and oxygen atoms in total. The van der Waals surface area contributed by atoms with E-state index >= 15 is 0 Å². The van der Waals surface area contributed by atoms with Crippen molar-refractivity contribution in [2.75, 3.05) is 17.7 Å². The van der Waals surface area contributed by atoms with E-state index in [-0.39, 0.29) is 33.8 Å². The van der Waals surface area contributed by atoms with Crippen LogP contribution in [0.25, 0.3) is 5.69 Å². The Bertz CT molecular complexity index is 1070. The monoisotopic (exact) mass is 425 g/mol. The van der Waals surface area contributed by atoms with E-state index in [0.717, 1.165) is 17.5 Å². The van der Waals surface area contributed by atoms with Gasteiger partial charge in [-0.15, -0.1) is 0 Å². The largest absolute Gasteiger partial charge is 0.494 e. The van der Waals surface area contributed by atoms with Crippen molar-refractivity contribution < 1.29 is 14.6 Å². The smallest absolute Gasteiger partial charge is 0.265 e. The van der Waals surface area contributed by atoms with Gasteiger partial charge in [-0.05, 0) is 49.7 Å². The van der Waals surface area contributed by atoms with Gasteiger partial charge in [0.15, 0.2) is 5.16 Å². The second kappa shape index (κ2) is 9.98. The van der Waals surface area contributed by atoms with Crippen LogP contribution in [0.2, 0.25) is 0 Å². The molecule has 3 rings (SSSR count). The molecule has 0 spiro atoms. The molecule has 3 aromatic rings. The molecule has 0 aliphatic carbocycles. The van der Waals surface area contributed by atoms with Crippen LogP contribution in [0.3, 0.4) is 0 Å². The van der Waals surface area contributed by atoms with Crippen LogP contribution in [0.1, 0.15) is 19.4 Å². The molecule has 2 aromatic carbocycles. The van der Waals surface area contributed by atoms with Gasteiger partial charge >= 0.3 is 0 Å². The number of hydrogen-bond donors (Lipinski definition) is 2. The van der Waals surface area contributed by atoms with Crippen molar-refractivity contribution in [2.45, 2.75) is 25.4 Å². The Labute approximate surface area is 178 Å². The van der Waals surface area contributed by atoms with Crippen molar-refractivity contribution >= 4 is 23.4 Å². The molecule has 156 valence electrons. The Hall–Kier alpha value is -3.26. The molecular weight excluding hydrogens is 402 g/mol. The van der Waals surface area contributed by atoms with E-state index in [1.54, 1.807) is 43.3 Å². The SMILES string of the molecule is CCOc1ccc(NC(=O)CSc2nc(O)c(CC)c(=O)n2-c2ccccc2)cc1. The van der Waals surface area contributed by atoms with Gasteiger partial charge in [0.2, 0.25) is 11.8 Å². The quantitative estimate of drug-likeness (QED) is 0.423. The van der Waals surface area contributed by atoms with E-state index in [4.69, 9.17) is 4.74 Å². The molecule has 0 bridgehead atoms. The van der Waals surface area contributed by atoms with Gasteiger partial charge in [-0.25, -0.2) is 0 Å². The van der Waals surface area contributed by atoms with Gasteiger partial charge in [-0.3, -0.25) is 14.2 Å². The van der Waals surface area contributed by atoms with Crippen LogP contribution in [0.15, 0.2) is 64.5 Å². The average molecular weight is 426 g/mol. The first-order valence-corrected chi connectivity index (χ1v) is 10.6. The number of para-hydroxylation sites is 1. The summed E-state index contributed by atoms with van der Waals surface area (Å²) in [5, 5.41) is 13.2. The van der Waals surface area contributed by atoms with Crippen LogP contribution in [0.4, 0.5) is 5.69 Å². The van der Waals surface area contributed by atoms with E-state index in [1.165, 1.54) is 4.57 Å². The lowest BCUT2D eigenvalue weighted by Gasteiger charge is -2.14. The molecule has 0 radical (unpaired) electrons. The number of anilines is 1. The highest BCUT2D eigenvalue weighted by atomic mass is 32.2. The standard InChI is InChI=1S/C22H23N3O4S/c1-3-18-20(27)24-22(25(21(18)28)16-8-6-5-7-9-16)30-14-19(26)23-15-10-12-17(13-11-15)29-4-2/h5-13,27H,3-4,14H2,1-2H3,(H,23,26). The van der Waals surface area contributed by atoms with Gasteiger partial charge < -0.3 is 15.2 Å². The Balaban J connectivity index is 1.79. The molecule has 0 unspecified atom stereocenters. The summed E-state index contributed by atoms with van der Waals surface area (Å²) in [7, 11) is 0. The molecule has 0 atom stereocenters. The average Bonchev–Trinajstić information content (AvgIpc) is 2.74. The minimum absolute atomic E-state index is 0.0252. The van der Waals surface area contributed by atoms with Gasteiger partial charge in [-0.2, -0.15) is 4.98 Å². The third kappa shape index (κ3) is 5.01. The van der Waals surface area contributed by atoms with Crippen LogP contribution in [-0.4, -0.2) is 32.9 Å². The second-order valence-corrected chi connectivity index (χ2v) is 7.26. The first-order chi connectivity index (χ1) is 14.5. The summed E-state index contributed by atoms with van der Waals surface area (Å²) in [5.41, 5.74) is 1.16. The number of benzene rings is 2. The van der Waals surface area contributed by atoms with Crippen LogP contribution in [0, 0.1) is 0 Å². The zero-order valence-electron chi connectivity index (χ0n) is 16.8. The number of carbonyl (C=O) groups excluding carboxylic acids is 1. The number of carbonyl (C=O) groups is 1. The zero-order chi connectivity index (χ0) is 21.5. The molecule has 1 amide bonds. The lowest BCUT2D eigenvalue weighted by Crippen LogP contribution is -2.25. The van der Waals surface area contributed by atoms with E-state index in [9.17, 15) is 14.7 Å². The van der Waals surface area contributed by atoms with Crippen LogP contribution < -0.4 is 15.6 Å². The minimum Gasteiger partial charge on any atom is -0.494 e. The molecule has 8 heteroatoms. The number of nitrogens with zero attached hydrogens (tertiary/aromatic N) is 2. The Kier molecular flexibility index (Phi) is 7.13. The molecular formula is C22H23N3O4S. The van der Waals surface area contributed by atoms with Gasteiger partial charge in [0.1, 0.15) is 5.75 Å². The first-order valence-electron chi connectivity index (χ1n) is 9.59. The molecule has 1 aromatic heterocycles. The predicted molar refractivity (Wildman–Crippen MR) is 118 cm³/mol. The summed E-state index contributed by atoms with van der Waals surface area (Å²) >= 11 is 1.08. The topological polar surface area (TPSA) is 93.5 Å². The third-order valence-electron chi connectivity index (χ3n) is 4.27. The minimum atomic E-state index is -0.342. The van der Waals surface area contributed by atoms with Crippen molar-refractivity contribution in [3.63, 3.8) is 0 Å². The number of rotatable bonds is 8. The number of nitrogens with one attached hydrogen (secondary N) is 1. The molecule has 0 aliphatic rings. The molecule has 0 aliphatic heterocycles. The summed E-state index contributed by atoms with van der Waals surface area (Å²) in [6.45, 7) is 4.26. The molecule has 1 heterocycles. The normalized spacial score (nSPS) is 10.6. The van der Waals surface area contributed by atoms with Crippen molar-refractivity contribution in [1.82, 2.24) is 9.55 Å². The maximum absolute atomic E-state index is 12.9. The molecule has 0 fully saturated rings. The molecule has 0 saturated heterocycles. The Morgan fingerprint density at radius 2 is 1.83 bits per heavy atom. The first kappa shape index (κ1) is 21.4. The fourth-order valence-corrected chi connectivity index (χ4v) is 3.67. The highest BCUT2D eigenvalue weighted by molar-refractivity contribution is 7.99. The third-order valence-corrected chi connectivity index (χ3v) is 5.21. The highest BCUT2D eigenvalue weighted by Gasteiger charge is 2.17. The van der Waals surface area contributed by atoms with E-state index in [0.29, 0.717) is 24.4 Å². The highest BCUT2D eigenvalue weighted by Crippen LogP contribution is 2.23.